The number of ether oxygens (including phenoxy) is 5. The molecule has 3 aliphatic rings. The maximum absolute atomic E-state index is 13.7. The second-order valence-electron chi connectivity index (χ2n) is 16.2. The van der Waals surface area contributed by atoms with Crippen molar-refractivity contribution in [3.8, 4) is 0 Å². The zero-order valence-corrected chi connectivity index (χ0v) is 32.1. The van der Waals surface area contributed by atoms with Gasteiger partial charge in [0.25, 0.3) is 0 Å². The topological polar surface area (TPSA) is 166 Å². The minimum absolute atomic E-state index is 0.0612. The summed E-state index contributed by atoms with van der Waals surface area (Å²) in [4.78, 5) is 19.4. The first-order chi connectivity index (χ1) is 22.6. The summed E-state index contributed by atoms with van der Waals surface area (Å²) >= 11 is 0. The Hall–Kier alpha value is -1.01. The smallest absolute Gasteiger partial charge is 0.225 e. The van der Waals surface area contributed by atoms with E-state index in [1.54, 1.807) is 21.0 Å². The molecule has 0 aliphatic carbocycles. The predicted molar refractivity (Wildman–Crippen MR) is 184 cm³/mol. The molecule has 0 spiro atoms. The highest BCUT2D eigenvalue weighted by Crippen LogP contribution is 2.41. The van der Waals surface area contributed by atoms with E-state index in [2.05, 4.69) is 5.32 Å². The Balaban J connectivity index is 2.05. The average Bonchev–Trinajstić information content (AvgIpc) is 2.99. The highest BCUT2D eigenvalue weighted by molar-refractivity contribution is 5.78. The molecule has 5 N–H and O–H groups in total. The van der Waals surface area contributed by atoms with Crippen LogP contribution in [0, 0.1) is 17.8 Å². The lowest BCUT2D eigenvalue weighted by Gasteiger charge is -2.51. The number of nitrogens with zero attached hydrogens (tertiary/aromatic N) is 3. The predicted octanol–water partition coefficient (Wildman–Crippen LogP) is 0.447. The molecule has 3 saturated heterocycles. The first-order valence-electron chi connectivity index (χ1n) is 17.9. The standard InChI is InChI=1S/C35H68N4O10/c1-21-16-33(5,43)30(49-32-28(41)25(38(9)10)15-22(2)47-32)23(3)29(24(4)31(42)36-14-13-26(40)39(11)18-21)48-27-17-34(6,45-12)35(44,20-46-27)19-37(7)8/h21-30,32,40-41,43-44H,13-20H2,1-12H3,(H,36,42)/t21-,22-,23+,24-,25+,26?,27+,28-,29+,30-,32+,33-,34-,35?/m1/s1. The van der Waals surface area contributed by atoms with Crippen LogP contribution in [0.5, 0.6) is 0 Å². The summed E-state index contributed by atoms with van der Waals surface area (Å²) < 4.78 is 31.7. The van der Waals surface area contributed by atoms with Gasteiger partial charge in [0.05, 0.1) is 36.4 Å². The molecule has 2 unspecified atom stereocenters. The normalized spacial score (nSPS) is 45.7. The molecule has 3 aliphatic heterocycles. The van der Waals surface area contributed by atoms with Crippen molar-refractivity contribution in [2.45, 2.75) is 133 Å². The van der Waals surface area contributed by atoms with E-state index in [-0.39, 0.29) is 43.5 Å². The van der Waals surface area contributed by atoms with Gasteiger partial charge in [-0.2, -0.15) is 0 Å². The minimum Gasteiger partial charge on any atom is -0.387 e. The van der Waals surface area contributed by atoms with Crippen molar-refractivity contribution in [2.75, 3.05) is 68.6 Å². The highest BCUT2D eigenvalue weighted by atomic mass is 16.7. The molecule has 14 nitrogen and oxygen atoms in total. The van der Waals surface area contributed by atoms with E-state index in [1.807, 2.05) is 77.6 Å². The molecular weight excluding hydrogens is 636 g/mol. The third kappa shape index (κ3) is 10.3. The van der Waals surface area contributed by atoms with Gasteiger partial charge in [0.2, 0.25) is 5.91 Å². The molecule has 49 heavy (non-hydrogen) atoms. The summed E-state index contributed by atoms with van der Waals surface area (Å²) in [5, 5.41) is 49.2. The third-order valence-corrected chi connectivity index (χ3v) is 11.0. The van der Waals surface area contributed by atoms with Crippen LogP contribution in [0.15, 0.2) is 0 Å². The van der Waals surface area contributed by atoms with E-state index in [1.165, 1.54) is 0 Å². The molecule has 14 heteroatoms. The lowest BCUT2D eigenvalue weighted by atomic mass is 9.77. The zero-order valence-electron chi connectivity index (χ0n) is 32.1. The summed E-state index contributed by atoms with van der Waals surface area (Å²) in [6, 6.07) is -0.235. The lowest BCUT2D eigenvalue weighted by molar-refractivity contribution is -0.321. The first kappa shape index (κ1) is 42.4. The van der Waals surface area contributed by atoms with Crippen molar-refractivity contribution < 1.29 is 48.9 Å². The van der Waals surface area contributed by atoms with Crippen molar-refractivity contribution in [3.05, 3.63) is 0 Å². The van der Waals surface area contributed by atoms with E-state index in [9.17, 15) is 25.2 Å². The van der Waals surface area contributed by atoms with Crippen molar-refractivity contribution in [2.24, 2.45) is 17.8 Å². The molecule has 0 aromatic rings. The number of amides is 1. The van der Waals surface area contributed by atoms with Gasteiger partial charge in [0.15, 0.2) is 12.6 Å². The molecule has 3 heterocycles. The second kappa shape index (κ2) is 17.2. The van der Waals surface area contributed by atoms with Crippen LogP contribution in [-0.4, -0.2) is 176 Å². The number of rotatable bonds is 8. The van der Waals surface area contributed by atoms with Crippen LogP contribution in [0.2, 0.25) is 0 Å². The van der Waals surface area contributed by atoms with Crippen LogP contribution in [0.1, 0.15) is 67.2 Å². The Morgan fingerprint density at radius 2 is 1.69 bits per heavy atom. The quantitative estimate of drug-likeness (QED) is 0.237. The van der Waals surface area contributed by atoms with Gasteiger partial charge in [-0.3, -0.25) is 9.69 Å². The Bertz CT molecular complexity index is 1050. The zero-order chi connectivity index (χ0) is 37.1. The molecule has 0 bridgehead atoms. The summed E-state index contributed by atoms with van der Waals surface area (Å²) in [5.74, 6) is -1.73. The van der Waals surface area contributed by atoms with Crippen LogP contribution < -0.4 is 5.32 Å². The van der Waals surface area contributed by atoms with Crippen molar-refractivity contribution in [1.29, 1.82) is 0 Å². The van der Waals surface area contributed by atoms with Gasteiger partial charge in [0.1, 0.15) is 23.5 Å². The molecule has 0 saturated carbocycles. The highest BCUT2D eigenvalue weighted by Gasteiger charge is 2.55. The van der Waals surface area contributed by atoms with E-state index in [4.69, 9.17) is 23.7 Å². The van der Waals surface area contributed by atoms with Gasteiger partial charge in [-0.15, -0.1) is 0 Å². The van der Waals surface area contributed by atoms with Gasteiger partial charge in [0, 0.05) is 51.5 Å². The maximum atomic E-state index is 13.7. The molecule has 0 aromatic carbocycles. The number of carbonyl (C=O) groups excluding carboxylic acids is 1. The van der Waals surface area contributed by atoms with Crippen LogP contribution in [0.3, 0.4) is 0 Å². The van der Waals surface area contributed by atoms with Crippen molar-refractivity contribution in [3.63, 3.8) is 0 Å². The summed E-state index contributed by atoms with van der Waals surface area (Å²) in [6.07, 6.45) is -4.33. The number of likely N-dealkylation sites (N-methyl/N-ethyl adjacent to an activating group) is 2. The van der Waals surface area contributed by atoms with E-state index in [0.29, 0.717) is 32.4 Å². The monoisotopic (exact) mass is 704 g/mol. The summed E-state index contributed by atoms with van der Waals surface area (Å²) in [6.45, 7) is 12.1. The Kier molecular flexibility index (Phi) is 14.9. The number of hydrogen-bond acceptors (Lipinski definition) is 13. The number of nitrogens with one attached hydrogen (secondary N) is 1. The van der Waals surface area contributed by atoms with Crippen LogP contribution in [-0.2, 0) is 28.5 Å². The molecule has 1 amide bonds. The van der Waals surface area contributed by atoms with E-state index in [0.717, 1.165) is 0 Å². The average molecular weight is 705 g/mol. The van der Waals surface area contributed by atoms with Crippen LogP contribution in [0.25, 0.3) is 0 Å². The molecule has 288 valence electrons. The molecule has 3 rings (SSSR count). The molecule has 3 fully saturated rings. The molecule has 0 radical (unpaired) electrons. The fourth-order valence-electron chi connectivity index (χ4n) is 8.08. The van der Waals surface area contributed by atoms with E-state index < -0.39 is 65.8 Å². The summed E-state index contributed by atoms with van der Waals surface area (Å²) in [5.41, 5.74) is -3.84. The second-order valence-corrected chi connectivity index (χ2v) is 16.2. The number of hydrogen-bond donors (Lipinski definition) is 5. The van der Waals surface area contributed by atoms with Crippen LogP contribution >= 0.6 is 0 Å². The minimum atomic E-state index is -1.48. The fraction of sp³-hybridized carbons (Fsp3) is 0.971. The number of aliphatic hydroxyl groups is 4. The van der Waals surface area contributed by atoms with Crippen molar-refractivity contribution >= 4 is 5.91 Å². The Morgan fingerprint density at radius 3 is 2.29 bits per heavy atom. The Morgan fingerprint density at radius 1 is 1.04 bits per heavy atom. The van der Waals surface area contributed by atoms with Crippen molar-refractivity contribution in [1.82, 2.24) is 20.0 Å². The lowest BCUT2D eigenvalue weighted by Crippen LogP contribution is -2.66. The molecular formula is C35H68N4O10. The van der Waals surface area contributed by atoms with Gasteiger partial charge in [-0.25, -0.2) is 0 Å². The molecule has 14 atom stereocenters. The van der Waals surface area contributed by atoms with Gasteiger partial charge < -0.3 is 59.2 Å². The third-order valence-electron chi connectivity index (χ3n) is 11.0. The van der Waals surface area contributed by atoms with Gasteiger partial charge >= 0.3 is 0 Å². The Labute approximate surface area is 294 Å². The number of carbonyl (C=O) groups is 1. The summed E-state index contributed by atoms with van der Waals surface area (Å²) in [7, 11) is 10.9. The van der Waals surface area contributed by atoms with E-state index >= 15 is 0 Å². The van der Waals surface area contributed by atoms with Gasteiger partial charge in [-0.05, 0) is 74.8 Å². The number of aliphatic hydroxyl groups excluding tert-OH is 2. The maximum Gasteiger partial charge on any atom is 0.225 e. The largest absolute Gasteiger partial charge is 0.387 e. The molecule has 0 aromatic heterocycles. The number of methoxy groups -OCH3 is 1. The van der Waals surface area contributed by atoms with Crippen LogP contribution in [0.4, 0.5) is 0 Å². The SMILES string of the molecule is CO[C@]1(C)C[C@H](O[C@H]2[C@H](C)[C@@H](O[C@@H]3O[C@H](C)C[C@H](N(C)C)[C@H]3O)[C@](C)(O)C[C@@H](C)CN(C)C(O)CCNC(=O)[C@@H]2C)OCC1(O)CN(C)C. The van der Waals surface area contributed by atoms with Gasteiger partial charge in [-0.1, -0.05) is 20.8 Å². The first-order valence-corrected chi connectivity index (χ1v) is 17.9. The fourth-order valence-corrected chi connectivity index (χ4v) is 8.08.